The number of aryl methyl sites for hydroxylation is 3. The quantitative estimate of drug-likeness (QED) is 0.261. The first-order valence-electron chi connectivity index (χ1n) is 11.9. The normalized spacial score (nSPS) is 13.1. The first kappa shape index (κ1) is 22.1. The topological polar surface area (TPSA) is 34.3 Å². The third-order valence-corrected chi connectivity index (χ3v) is 7.22. The minimum atomic E-state index is 0.646. The number of anilines is 1. The van der Waals surface area contributed by atoms with Gasteiger partial charge in [-0.25, -0.2) is 4.52 Å². The van der Waals surface area contributed by atoms with Gasteiger partial charge in [0.2, 0.25) is 0 Å². The van der Waals surface area contributed by atoms with Gasteiger partial charge in [-0.05, 0) is 56.0 Å². The Balaban J connectivity index is 1.60. The number of aromatic nitrogens is 3. The Kier molecular flexibility index (Phi) is 5.67. The molecule has 174 valence electrons. The second-order valence-electron chi connectivity index (χ2n) is 9.06. The van der Waals surface area contributed by atoms with Crippen molar-refractivity contribution in [2.45, 2.75) is 32.7 Å². The molecule has 0 radical (unpaired) electrons. The zero-order valence-electron chi connectivity index (χ0n) is 19.5. The molecular formula is C29H25ClN4S. The summed E-state index contributed by atoms with van der Waals surface area (Å²) in [6, 6.07) is 26.8. The number of thiocarbonyl (C=S) groups is 1. The zero-order chi connectivity index (χ0) is 23.9. The van der Waals surface area contributed by atoms with Crippen molar-refractivity contribution in [2.75, 3.05) is 5.32 Å². The Morgan fingerprint density at radius 2 is 1.66 bits per heavy atom. The number of nitrogens with zero attached hydrogens (tertiary/aromatic N) is 3. The van der Waals surface area contributed by atoms with Crippen molar-refractivity contribution in [3.63, 3.8) is 0 Å². The summed E-state index contributed by atoms with van der Waals surface area (Å²) in [6.45, 7) is 3.05. The maximum Gasteiger partial charge on any atom is 0.162 e. The molecule has 6 rings (SSSR count). The molecule has 4 nitrogen and oxygen atoms in total. The predicted molar refractivity (Wildman–Crippen MR) is 149 cm³/mol. The standard InChI is InChI=1S/C29H25ClN4S/c1-19-10-12-21(13-11-19)27-32-34-26(28(35)31-23-16-14-22(30)15-17-23)25(20-7-3-2-4-8-20)24-9-5-6-18-33(27)29(24)34/h2-4,7-8,10-17H,5-6,9,18H2,1H3,(H,31,35). The lowest BCUT2D eigenvalue weighted by atomic mass is 9.98. The molecule has 0 amide bonds. The predicted octanol–water partition coefficient (Wildman–Crippen LogP) is 7.56. The third kappa shape index (κ3) is 3.95. The highest BCUT2D eigenvalue weighted by atomic mass is 35.5. The van der Waals surface area contributed by atoms with Gasteiger partial charge in [-0.2, -0.15) is 0 Å². The van der Waals surface area contributed by atoms with Crippen LogP contribution in [0.2, 0.25) is 5.02 Å². The molecule has 3 heterocycles. The lowest BCUT2D eigenvalue weighted by molar-refractivity contribution is 0.645. The minimum Gasteiger partial charge on any atom is -0.345 e. The second kappa shape index (κ2) is 8.99. The summed E-state index contributed by atoms with van der Waals surface area (Å²) in [5, 5.41) is 9.32. The Hall–Kier alpha value is -3.41. The van der Waals surface area contributed by atoms with Gasteiger partial charge in [0.15, 0.2) is 5.82 Å². The molecule has 5 aromatic rings. The van der Waals surface area contributed by atoms with E-state index in [2.05, 4.69) is 75.9 Å². The van der Waals surface area contributed by atoms with Gasteiger partial charge in [-0.1, -0.05) is 84.0 Å². The molecule has 1 aliphatic rings. The maximum absolute atomic E-state index is 6.10. The average molecular weight is 497 g/mol. The smallest absolute Gasteiger partial charge is 0.162 e. The lowest BCUT2D eigenvalue weighted by Crippen LogP contribution is -2.14. The number of nitrogens with one attached hydrogen (secondary N) is 1. The van der Waals surface area contributed by atoms with Gasteiger partial charge in [-0.3, -0.25) is 0 Å². The molecule has 1 N–H and O–H groups in total. The third-order valence-electron chi connectivity index (χ3n) is 6.67. The van der Waals surface area contributed by atoms with Gasteiger partial charge >= 0.3 is 0 Å². The fourth-order valence-corrected chi connectivity index (χ4v) is 5.44. The summed E-state index contributed by atoms with van der Waals surface area (Å²) >= 11 is 12.1. The molecule has 0 bridgehead atoms. The van der Waals surface area contributed by atoms with Gasteiger partial charge in [-0.15, -0.1) is 5.10 Å². The van der Waals surface area contributed by atoms with Gasteiger partial charge < -0.3 is 9.88 Å². The van der Waals surface area contributed by atoms with E-state index in [1.54, 1.807) is 0 Å². The molecule has 0 atom stereocenters. The number of hydrogen-bond acceptors (Lipinski definition) is 2. The molecular weight excluding hydrogens is 472 g/mol. The summed E-state index contributed by atoms with van der Waals surface area (Å²) in [5.41, 5.74) is 8.99. The van der Waals surface area contributed by atoms with Crippen molar-refractivity contribution in [2.24, 2.45) is 0 Å². The Bertz CT molecular complexity index is 1530. The number of halogens is 1. The van der Waals surface area contributed by atoms with Crippen LogP contribution in [0.15, 0.2) is 78.9 Å². The van der Waals surface area contributed by atoms with Crippen molar-refractivity contribution < 1.29 is 0 Å². The molecule has 1 aliphatic heterocycles. The van der Waals surface area contributed by atoms with Crippen molar-refractivity contribution in [1.82, 2.24) is 14.2 Å². The monoisotopic (exact) mass is 496 g/mol. The van der Waals surface area contributed by atoms with Crippen LogP contribution in [0.3, 0.4) is 0 Å². The van der Waals surface area contributed by atoms with E-state index in [0.29, 0.717) is 10.0 Å². The van der Waals surface area contributed by atoms with E-state index < -0.39 is 0 Å². The minimum absolute atomic E-state index is 0.646. The molecule has 0 saturated heterocycles. The largest absolute Gasteiger partial charge is 0.345 e. The number of benzene rings is 3. The highest BCUT2D eigenvalue weighted by molar-refractivity contribution is 7.81. The number of rotatable bonds is 4. The van der Waals surface area contributed by atoms with Crippen molar-refractivity contribution in [3.8, 4) is 22.5 Å². The Labute approximate surface area is 215 Å². The van der Waals surface area contributed by atoms with E-state index in [1.807, 2.05) is 24.3 Å². The van der Waals surface area contributed by atoms with Crippen LogP contribution in [-0.4, -0.2) is 19.2 Å². The Morgan fingerprint density at radius 3 is 2.40 bits per heavy atom. The highest BCUT2D eigenvalue weighted by Crippen LogP contribution is 2.38. The number of hydrogen-bond donors (Lipinski definition) is 1. The van der Waals surface area contributed by atoms with E-state index >= 15 is 0 Å². The molecule has 2 aromatic heterocycles. The van der Waals surface area contributed by atoms with E-state index in [0.717, 1.165) is 59.8 Å². The van der Waals surface area contributed by atoms with Gasteiger partial charge in [0.1, 0.15) is 16.3 Å². The van der Waals surface area contributed by atoms with Crippen molar-refractivity contribution in [1.29, 1.82) is 0 Å². The average Bonchev–Trinajstić information content (AvgIpc) is 3.29. The molecule has 0 aliphatic carbocycles. The summed E-state index contributed by atoms with van der Waals surface area (Å²) in [7, 11) is 0. The Morgan fingerprint density at radius 1 is 0.914 bits per heavy atom. The van der Waals surface area contributed by atoms with Crippen LogP contribution >= 0.6 is 23.8 Å². The molecule has 0 spiro atoms. The van der Waals surface area contributed by atoms with E-state index in [-0.39, 0.29) is 0 Å². The van der Waals surface area contributed by atoms with Crippen molar-refractivity contribution >= 4 is 40.1 Å². The maximum atomic E-state index is 6.10. The summed E-state index contributed by atoms with van der Waals surface area (Å²) in [6.07, 6.45) is 3.25. The molecule has 0 saturated carbocycles. The molecule has 35 heavy (non-hydrogen) atoms. The van der Waals surface area contributed by atoms with E-state index in [4.69, 9.17) is 28.9 Å². The SMILES string of the molecule is Cc1ccc(-c2nn3c(C(=S)Nc4ccc(Cl)cc4)c(-c4ccccc4)c4c3n2CCCC4)cc1. The molecule has 0 fully saturated rings. The van der Waals surface area contributed by atoms with Gasteiger partial charge in [0.05, 0.1) is 0 Å². The van der Waals surface area contributed by atoms with Crippen LogP contribution < -0.4 is 5.32 Å². The molecule has 3 aromatic carbocycles. The van der Waals surface area contributed by atoms with Crippen molar-refractivity contribution in [3.05, 3.63) is 101 Å². The highest BCUT2D eigenvalue weighted by Gasteiger charge is 2.29. The zero-order valence-corrected chi connectivity index (χ0v) is 21.0. The van der Waals surface area contributed by atoms with Crippen LogP contribution in [0.5, 0.6) is 0 Å². The van der Waals surface area contributed by atoms with E-state index in [9.17, 15) is 0 Å². The summed E-state index contributed by atoms with van der Waals surface area (Å²) < 4.78 is 4.46. The second-order valence-corrected chi connectivity index (χ2v) is 9.91. The first-order valence-corrected chi connectivity index (χ1v) is 12.7. The molecule has 0 unspecified atom stereocenters. The van der Waals surface area contributed by atoms with E-state index in [1.165, 1.54) is 16.7 Å². The van der Waals surface area contributed by atoms with Gasteiger partial charge in [0, 0.05) is 33.9 Å². The summed E-state index contributed by atoms with van der Waals surface area (Å²) in [4.78, 5) is 0.646. The fourth-order valence-electron chi connectivity index (χ4n) is 5.00. The van der Waals surface area contributed by atoms with Crippen LogP contribution in [-0.2, 0) is 13.0 Å². The summed E-state index contributed by atoms with van der Waals surface area (Å²) in [5.74, 6) is 0.985. The first-order chi connectivity index (χ1) is 17.1. The van der Waals surface area contributed by atoms with Crippen LogP contribution in [0.1, 0.15) is 29.7 Å². The molecule has 6 heteroatoms. The lowest BCUT2D eigenvalue weighted by Gasteiger charge is -2.12. The van der Waals surface area contributed by atoms with Crippen LogP contribution in [0, 0.1) is 6.92 Å². The van der Waals surface area contributed by atoms with Crippen LogP contribution in [0.25, 0.3) is 28.2 Å². The van der Waals surface area contributed by atoms with Crippen LogP contribution in [0.4, 0.5) is 5.69 Å². The fraction of sp³-hybridized carbons (Fsp3) is 0.172. The van der Waals surface area contributed by atoms with Gasteiger partial charge in [0.25, 0.3) is 0 Å².